The van der Waals surface area contributed by atoms with Crippen LogP contribution in [0.3, 0.4) is 0 Å². The maximum absolute atomic E-state index is 13.2. The Labute approximate surface area is 109 Å². The predicted octanol–water partition coefficient (Wildman–Crippen LogP) is 4.11. The lowest BCUT2D eigenvalue weighted by Crippen LogP contribution is -2.00. The number of hydrogen-bond acceptors (Lipinski definition) is 2. The number of carbonyl (C=O) groups is 1. The Morgan fingerprint density at radius 3 is 2.58 bits per heavy atom. The zero-order valence-electron chi connectivity index (χ0n) is 10.3. The van der Waals surface area contributed by atoms with Gasteiger partial charge in [0.2, 0.25) is 5.78 Å². The van der Waals surface area contributed by atoms with Gasteiger partial charge in [0.1, 0.15) is 11.4 Å². The second-order valence-electron chi connectivity index (χ2n) is 4.39. The molecule has 19 heavy (non-hydrogen) atoms. The van der Waals surface area contributed by atoms with Crippen molar-refractivity contribution in [3.63, 3.8) is 0 Å². The first-order valence-electron chi connectivity index (χ1n) is 5.95. The minimum Gasteiger partial charge on any atom is -0.452 e. The second kappa shape index (κ2) is 4.35. The van der Waals surface area contributed by atoms with Crippen LogP contribution < -0.4 is 0 Å². The van der Waals surface area contributed by atoms with Crippen molar-refractivity contribution in [1.82, 2.24) is 0 Å². The average Bonchev–Trinajstić information content (AvgIpc) is 2.75. The number of fused-ring (bicyclic) bond motifs is 1. The van der Waals surface area contributed by atoms with Gasteiger partial charge in [-0.15, -0.1) is 0 Å². The molecule has 0 saturated heterocycles. The molecule has 3 rings (SSSR count). The van der Waals surface area contributed by atoms with E-state index < -0.39 is 0 Å². The summed E-state index contributed by atoms with van der Waals surface area (Å²) in [7, 11) is 0. The van der Waals surface area contributed by atoms with Gasteiger partial charge in [0.25, 0.3) is 0 Å². The normalized spacial score (nSPS) is 10.8. The summed E-state index contributed by atoms with van der Waals surface area (Å²) in [6, 6.07) is 13.2. The Morgan fingerprint density at radius 2 is 1.84 bits per heavy atom. The van der Waals surface area contributed by atoms with Crippen LogP contribution in [-0.2, 0) is 0 Å². The number of rotatable bonds is 2. The average molecular weight is 254 g/mol. The van der Waals surface area contributed by atoms with E-state index in [2.05, 4.69) is 0 Å². The summed E-state index contributed by atoms with van der Waals surface area (Å²) in [6.45, 7) is 1.81. The van der Waals surface area contributed by atoms with Crippen molar-refractivity contribution in [3.05, 3.63) is 71.2 Å². The summed E-state index contributed by atoms with van der Waals surface area (Å²) in [6.07, 6.45) is 0. The Bertz CT molecular complexity index is 757. The number of ketones is 1. The van der Waals surface area contributed by atoms with E-state index in [4.69, 9.17) is 4.42 Å². The summed E-state index contributed by atoms with van der Waals surface area (Å²) < 4.78 is 18.7. The molecule has 94 valence electrons. The maximum atomic E-state index is 13.2. The van der Waals surface area contributed by atoms with Crippen LogP contribution in [0.1, 0.15) is 21.7 Å². The number of hydrogen-bond donors (Lipinski definition) is 0. The van der Waals surface area contributed by atoms with Gasteiger partial charge in [-0.2, -0.15) is 0 Å². The maximum Gasteiger partial charge on any atom is 0.228 e. The van der Waals surface area contributed by atoms with Gasteiger partial charge in [-0.1, -0.05) is 30.3 Å². The van der Waals surface area contributed by atoms with Crippen molar-refractivity contribution < 1.29 is 13.6 Å². The summed E-state index contributed by atoms with van der Waals surface area (Å²) in [5.41, 5.74) is 1.70. The van der Waals surface area contributed by atoms with Crippen LogP contribution in [0.2, 0.25) is 0 Å². The molecule has 0 bridgehead atoms. The monoisotopic (exact) mass is 254 g/mol. The molecule has 1 heterocycles. The molecule has 0 aliphatic rings. The fraction of sp³-hybridized carbons (Fsp3) is 0.0625. The minimum absolute atomic E-state index is 0.185. The van der Waals surface area contributed by atoms with Gasteiger partial charge < -0.3 is 4.42 Å². The zero-order chi connectivity index (χ0) is 13.4. The fourth-order valence-electron chi connectivity index (χ4n) is 2.14. The Morgan fingerprint density at radius 1 is 1.11 bits per heavy atom. The van der Waals surface area contributed by atoms with E-state index in [1.54, 1.807) is 37.3 Å². The van der Waals surface area contributed by atoms with E-state index in [0.717, 1.165) is 10.9 Å². The van der Waals surface area contributed by atoms with Crippen molar-refractivity contribution in [2.24, 2.45) is 0 Å². The first-order chi connectivity index (χ1) is 9.16. The number of carbonyl (C=O) groups excluding carboxylic acids is 1. The lowest BCUT2D eigenvalue weighted by Gasteiger charge is -1.97. The first kappa shape index (κ1) is 11.7. The highest BCUT2D eigenvalue weighted by molar-refractivity contribution is 6.10. The molecular formula is C16H11FO2. The number of benzene rings is 2. The van der Waals surface area contributed by atoms with Crippen molar-refractivity contribution >= 4 is 16.8 Å². The van der Waals surface area contributed by atoms with Crippen LogP contribution in [0.5, 0.6) is 0 Å². The molecule has 0 unspecified atom stereocenters. The quantitative estimate of drug-likeness (QED) is 0.644. The van der Waals surface area contributed by atoms with Gasteiger partial charge in [0, 0.05) is 22.6 Å². The predicted molar refractivity (Wildman–Crippen MR) is 70.8 cm³/mol. The van der Waals surface area contributed by atoms with Gasteiger partial charge >= 0.3 is 0 Å². The standard InChI is InChI=1S/C16H11FO2/c1-10-13-8-7-12(17)9-14(13)19-16(10)15(18)11-5-3-2-4-6-11/h2-9H,1H3. The Kier molecular flexibility index (Phi) is 2.67. The first-order valence-corrected chi connectivity index (χ1v) is 5.95. The second-order valence-corrected chi connectivity index (χ2v) is 4.39. The molecule has 0 spiro atoms. The largest absolute Gasteiger partial charge is 0.452 e. The van der Waals surface area contributed by atoms with Crippen LogP contribution in [0.4, 0.5) is 4.39 Å². The molecule has 3 aromatic rings. The molecule has 0 atom stereocenters. The molecule has 1 aromatic heterocycles. The van der Waals surface area contributed by atoms with Crippen molar-refractivity contribution in [2.75, 3.05) is 0 Å². The molecule has 3 heteroatoms. The Balaban J connectivity index is 2.16. The van der Waals surface area contributed by atoms with E-state index in [9.17, 15) is 9.18 Å². The van der Waals surface area contributed by atoms with Crippen LogP contribution >= 0.6 is 0 Å². The lowest BCUT2D eigenvalue weighted by molar-refractivity contribution is 0.101. The van der Waals surface area contributed by atoms with Gasteiger partial charge in [-0.3, -0.25) is 4.79 Å². The molecule has 0 radical (unpaired) electrons. The molecule has 0 N–H and O–H groups in total. The minimum atomic E-state index is -0.375. The molecule has 0 aliphatic heterocycles. The van der Waals surface area contributed by atoms with Crippen LogP contribution in [-0.4, -0.2) is 5.78 Å². The summed E-state index contributed by atoms with van der Waals surface area (Å²) in [4.78, 5) is 12.3. The lowest BCUT2D eigenvalue weighted by atomic mass is 10.1. The van der Waals surface area contributed by atoms with E-state index >= 15 is 0 Å². The molecule has 2 aromatic carbocycles. The van der Waals surface area contributed by atoms with Gasteiger partial charge in [0.05, 0.1) is 0 Å². The summed E-state index contributed by atoms with van der Waals surface area (Å²) >= 11 is 0. The van der Waals surface area contributed by atoms with Crippen LogP contribution in [0.15, 0.2) is 52.9 Å². The third-order valence-corrected chi connectivity index (χ3v) is 3.14. The molecule has 0 saturated carbocycles. The highest BCUT2D eigenvalue weighted by atomic mass is 19.1. The highest BCUT2D eigenvalue weighted by Crippen LogP contribution is 2.27. The molecule has 0 amide bonds. The SMILES string of the molecule is Cc1c(C(=O)c2ccccc2)oc2cc(F)ccc12. The third kappa shape index (κ3) is 1.93. The Hall–Kier alpha value is -2.42. The topological polar surface area (TPSA) is 30.2 Å². The van der Waals surface area contributed by atoms with Crippen molar-refractivity contribution in [1.29, 1.82) is 0 Å². The zero-order valence-corrected chi connectivity index (χ0v) is 10.3. The van der Waals surface area contributed by atoms with Crippen LogP contribution in [0.25, 0.3) is 11.0 Å². The molecule has 0 fully saturated rings. The van der Waals surface area contributed by atoms with E-state index in [1.165, 1.54) is 12.1 Å². The molecular weight excluding hydrogens is 243 g/mol. The summed E-state index contributed by atoms with van der Waals surface area (Å²) in [5.74, 6) is -0.290. The highest BCUT2D eigenvalue weighted by Gasteiger charge is 2.19. The van der Waals surface area contributed by atoms with Crippen molar-refractivity contribution in [2.45, 2.75) is 6.92 Å². The smallest absolute Gasteiger partial charge is 0.228 e. The summed E-state index contributed by atoms with van der Waals surface area (Å²) in [5, 5.41) is 0.765. The molecule has 2 nitrogen and oxygen atoms in total. The van der Waals surface area contributed by atoms with Gasteiger partial charge in [0.15, 0.2) is 5.76 Å². The number of halogens is 1. The van der Waals surface area contributed by atoms with E-state index in [1.807, 2.05) is 6.07 Å². The van der Waals surface area contributed by atoms with Crippen LogP contribution in [0, 0.1) is 12.7 Å². The van der Waals surface area contributed by atoms with Crippen molar-refractivity contribution in [3.8, 4) is 0 Å². The van der Waals surface area contributed by atoms with Gasteiger partial charge in [-0.25, -0.2) is 4.39 Å². The number of furan rings is 1. The molecule has 0 aliphatic carbocycles. The number of aryl methyl sites for hydroxylation is 1. The van der Waals surface area contributed by atoms with Gasteiger partial charge in [-0.05, 0) is 19.1 Å². The fourth-order valence-corrected chi connectivity index (χ4v) is 2.14. The van der Waals surface area contributed by atoms with E-state index in [-0.39, 0.29) is 17.4 Å². The third-order valence-electron chi connectivity index (χ3n) is 3.14. The van der Waals surface area contributed by atoms with E-state index in [0.29, 0.717) is 11.1 Å².